The van der Waals surface area contributed by atoms with Gasteiger partial charge in [0.05, 0.1) is 5.92 Å². The van der Waals surface area contributed by atoms with E-state index in [2.05, 4.69) is 5.32 Å². The molecule has 1 saturated carbocycles. The molecule has 24 heavy (non-hydrogen) atoms. The van der Waals surface area contributed by atoms with E-state index in [1.807, 2.05) is 0 Å². The van der Waals surface area contributed by atoms with Crippen LogP contribution in [0, 0.1) is 11.8 Å². The molecule has 1 unspecified atom stereocenters. The van der Waals surface area contributed by atoms with Gasteiger partial charge in [-0.25, -0.2) is 0 Å². The fourth-order valence-electron chi connectivity index (χ4n) is 2.68. The third kappa shape index (κ3) is 4.04. The number of hydrogen-bond acceptors (Lipinski definition) is 4. The molecule has 2 N–H and O–H groups in total. The highest BCUT2D eigenvalue weighted by molar-refractivity contribution is 5.94. The Balaban J connectivity index is 1.50. The molecular formula is C17H20N2O5. The molecule has 0 aromatic heterocycles. The topological polar surface area (TPSA) is 95.9 Å². The van der Waals surface area contributed by atoms with E-state index in [1.54, 1.807) is 24.3 Å². The number of benzene rings is 1. The maximum absolute atomic E-state index is 12.1. The van der Waals surface area contributed by atoms with Crippen LogP contribution in [0.2, 0.25) is 0 Å². The first kappa shape index (κ1) is 16.3. The first-order valence-corrected chi connectivity index (χ1v) is 8.07. The average molecular weight is 332 g/mol. The summed E-state index contributed by atoms with van der Waals surface area (Å²) in [5, 5.41) is 11.8. The van der Waals surface area contributed by atoms with E-state index in [1.165, 1.54) is 4.90 Å². The van der Waals surface area contributed by atoms with Crippen LogP contribution in [0.15, 0.2) is 24.3 Å². The summed E-state index contributed by atoms with van der Waals surface area (Å²) in [5.41, 5.74) is 0.643. The molecule has 2 fully saturated rings. The smallest absolute Gasteiger partial charge is 0.308 e. The first-order chi connectivity index (χ1) is 11.5. The summed E-state index contributed by atoms with van der Waals surface area (Å²) in [6.07, 6.45) is 2.34. The van der Waals surface area contributed by atoms with Gasteiger partial charge in [0.2, 0.25) is 5.91 Å². The Hall–Kier alpha value is -2.57. The summed E-state index contributed by atoms with van der Waals surface area (Å²) in [4.78, 5) is 36.3. The molecule has 3 rings (SSSR count). The van der Waals surface area contributed by atoms with Crippen molar-refractivity contribution in [3.05, 3.63) is 24.3 Å². The molecular weight excluding hydrogens is 312 g/mol. The third-order valence-corrected chi connectivity index (χ3v) is 4.30. The number of anilines is 1. The summed E-state index contributed by atoms with van der Waals surface area (Å²) in [6.45, 7) is 0.526. The second-order valence-corrected chi connectivity index (χ2v) is 6.24. The lowest BCUT2D eigenvalue weighted by molar-refractivity contribution is -0.141. The first-order valence-electron chi connectivity index (χ1n) is 8.07. The van der Waals surface area contributed by atoms with E-state index in [9.17, 15) is 14.4 Å². The number of amides is 2. The third-order valence-electron chi connectivity index (χ3n) is 4.30. The van der Waals surface area contributed by atoms with Gasteiger partial charge in [-0.05, 0) is 31.4 Å². The van der Waals surface area contributed by atoms with Gasteiger partial charge in [-0.3, -0.25) is 14.4 Å². The number of carbonyl (C=O) groups excluding carboxylic acids is 2. The zero-order valence-corrected chi connectivity index (χ0v) is 13.2. The van der Waals surface area contributed by atoms with Crippen molar-refractivity contribution in [1.29, 1.82) is 0 Å². The van der Waals surface area contributed by atoms with E-state index in [4.69, 9.17) is 9.84 Å². The highest BCUT2D eigenvalue weighted by atomic mass is 16.5. The maximum Gasteiger partial charge on any atom is 0.308 e. The van der Waals surface area contributed by atoms with E-state index < -0.39 is 11.9 Å². The van der Waals surface area contributed by atoms with E-state index in [0.717, 1.165) is 12.8 Å². The minimum atomic E-state index is -0.870. The van der Waals surface area contributed by atoms with Crippen molar-refractivity contribution < 1.29 is 24.2 Å². The Morgan fingerprint density at radius 3 is 2.67 bits per heavy atom. The van der Waals surface area contributed by atoms with Crippen LogP contribution in [-0.4, -0.2) is 47.5 Å². The molecule has 1 aliphatic heterocycles. The molecule has 1 aliphatic carbocycles. The molecule has 1 heterocycles. The molecule has 1 aromatic rings. The number of likely N-dealkylation sites (tertiary alicyclic amines) is 1. The molecule has 0 bridgehead atoms. The minimum Gasteiger partial charge on any atom is -0.484 e. The van der Waals surface area contributed by atoms with Gasteiger partial charge in [0.25, 0.3) is 5.91 Å². The van der Waals surface area contributed by atoms with Crippen LogP contribution in [0.3, 0.4) is 0 Å². The number of carbonyl (C=O) groups is 3. The number of aliphatic carboxylic acids is 1. The van der Waals surface area contributed by atoms with E-state index >= 15 is 0 Å². The predicted octanol–water partition coefficient (Wildman–Crippen LogP) is 1.35. The highest BCUT2D eigenvalue weighted by Crippen LogP contribution is 2.30. The van der Waals surface area contributed by atoms with Crippen molar-refractivity contribution in [3.8, 4) is 5.75 Å². The SMILES string of the molecule is O=C(O)C1CCN(C(=O)COc2cccc(NC(=O)C3CC3)c2)C1. The predicted molar refractivity (Wildman–Crippen MR) is 85.6 cm³/mol. The van der Waals surface area contributed by atoms with Crippen LogP contribution >= 0.6 is 0 Å². The minimum absolute atomic E-state index is 0.0139. The Morgan fingerprint density at radius 2 is 2.00 bits per heavy atom. The van der Waals surface area contributed by atoms with Gasteiger partial charge in [0, 0.05) is 30.8 Å². The maximum atomic E-state index is 12.1. The molecule has 7 heteroatoms. The van der Waals surface area contributed by atoms with Crippen LogP contribution < -0.4 is 10.1 Å². The van der Waals surface area contributed by atoms with Crippen LogP contribution in [0.4, 0.5) is 5.69 Å². The van der Waals surface area contributed by atoms with Gasteiger partial charge in [-0.1, -0.05) is 6.07 Å². The van der Waals surface area contributed by atoms with Crippen LogP contribution in [-0.2, 0) is 14.4 Å². The van der Waals surface area contributed by atoms with Gasteiger partial charge in [-0.15, -0.1) is 0 Å². The standard InChI is InChI=1S/C17H20N2O5/c20-15(19-7-6-12(9-19)17(22)23)10-24-14-3-1-2-13(8-14)18-16(21)11-4-5-11/h1-3,8,11-12H,4-7,9-10H2,(H,18,21)(H,22,23). The molecule has 2 amide bonds. The quantitative estimate of drug-likeness (QED) is 0.820. The fourth-order valence-corrected chi connectivity index (χ4v) is 2.68. The van der Waals surface area contributed by atoms with Crippen LogP contribution in [0.5, 0.6) is 5.75 Å². The summed E-state index contributed by atoms with van der Waals surface area (Å²) in [7, 11) is 0. The molecule has 128 valence electrons. The summed E-state index contributed by atoms with van der Waals surface area (Å²) in [6, 6.07) is 6.91. The van der Waals surface area contributed by atoms with Gasteiger partial charge in [0.1, 0.15) is 5.75 Å². The van der Waals surface area contributed by atoms with Crippen molar-refractivity contribution in [2.45, 2.75) is 19.3 Å². The number of nitrogens with zero attached hydrogens (tertiary/aromatic N) is 1. The number of carboxylic acid groups (broad SMARTS) is 1. The summed E-state index contributed by atoms with van der Waals surface area (Å²) < 4.78 is 5.48. The molecule has 0 spiro atoms. The monoisotopic (exact) mass is 332 g/mol. The van der Waals surface area contributed by atoms with E-state index in [0.29, 0.717) is 24.4 Å². The Kier molecular flexibility index (Phi) is 4.69. The number of nitrogens with one attached hydrogen (secondary N) is 1. The van der Waals surface area contributed by atoms with Crippen molar-refractivity contribution >= 4 is 23.5 Å². The van der Waals surface area contributed by atoms with Gasteiger partial charge >= 0.3 is 5.97 Å². The average Bonchev–Trinajstić information content (AvgIpc) is 3.29. The molecule has 0 radical (unpaired) electrons. The second kappa shape index (κ2) is 6.90. The lowest BCUT2D eigenvalue weighted by Crippen LogP contribution is -2.33. The number of carboxylic acids is 1. The van der Waals surface area contributed by atoms with Crippen molar-refractivity contribution in [2.24, 2.45) is 11.8 Å². The molecule has 1 atom stereocenters. The molecule has 7 nitrogen and oxygen atoms in total. The highest BCUT2D eigenvalue weighted by Gasteiger charge is 2.31. The molecule has 1 aromatic carbocycles. The van der Waals surface area contributed by atoms with Crippen molar-refractivity contribution in [3.63, 3.8) is 0 Å². The largest absolute Gasteiger partial charge is 0.484 e. The zero-order chi connectivity index (χ0) is 17.1. The molecule has 1 saturated heterocycles. The lowest BCUT2D eigenvalue weighted by atomic mass is 10.1. The summed E-state index contributed by atoms with van der Waals surface area (Å²) in [5.74, 6) is -0.967. The lowest BCUT2D eigenvalue weighted by Gasteiger charge is -2.16. The fraction of sp³-hybridized carbons (Fsp3) is 0.471. The Labute approximate surface area is 139 Å². The normalized spacial score (nSPS) is 19.8. The number of ether oxygens (including phenoxy) is 1. The van der Waals surface area contributed by atoms with Gasteiger partial charge in [-0.2, -0.15) is 0 Å². The van der Waals surface area contributed by atoms with Crippen LogP contribution in [0.25, 0.3) is 0 Å². The van der Waals surface area contributed by atoms with Gasteiger partial charge in [0.15, 0.2) is 6.61 Å². The molecule has 2 aliphatic rings. The number of hydrogen-bond donors (Lipinski definition) is 2. The number of rotatable bonds is 6. The summed E-state index contributed by atoms with van der Waals surface area (Å²) >= 11 is 0. The van der Waals surface area contributed by atoms with E-state index in [-0.39, 0.29) is 30.9 Å². The second-order valence-electron chi connectivity index (χ2n) is 6.24. The van der Waals surface area contributed by atoms with Crippen LogP contribution in [0.1, 0.15) is 19.3 Å². The van der Waals surface area contributed by atoms with Crippen molar-refractivity contribution in [2.75, 3.05) is 25.0 Å². The van der Waals surface area contributed by atoms with Crippen molar-refractivity contribution in [1.82, 2.24) is 4.90 Å². The zero-order valence-electron chi connectivity index (χ0n) is 13.2. The van der Waals surface area contributed by atoms with Gasteiger partial charge < -0.3 is 20.1 Å². The Bertz CT molecular complexity index is 656. The Morgan fingerprint density at radius 1 is 1.21 bits per heavy atom.